The molecule has 1 aliphatic carbocycles. The van der Waals surface area contributed by atoms with Crippen molar-refractivity contribution in [1.29, 1.82) is 0 Å². The van der Waals surface area contributed by atoms with E-state index in [4.69, 9.17) is 23.2 Å². The first kappa shape index (κ1) is 26.5. The minimum absolute atomic E-state index is 0.0509. The van der Waals surface area contributed by atoms with E-state index in [1.165, 1.54) is 5.56 Å². The van der Waals surface area contributed by atoms with Crippen LogP contribution in [0.1, 0.15) is 49.7 Å². The van der Waals surface area contributed by atoms with Crippen molar-refractivity contribution < 1.29 is 9.59 Å². The van der Waals surface area contributed by atoms with Crippen LogP contribution in [-0.4, -0.2) is 48.9 Å². The lowest BCUT2D eigenvalue weighted by Gasteiger charge is -2.45. The predicted molar refractivity (Wildman–Crippen MR) is 139 cm³/mol. The minimum atomic E-state index is -0.0964. The highest BCUT2D eigenvalue weighted by Gasteiger charge is 2.37. The molecule has 0 aromatic heterocycles. The van der Waals surface area contributed by atoms with E-state index >= 15 is 0 Å². The molecule has 0 saturated heterocycles. The summed E-state index contributed by atoms with van der Waals surface area (Å²) in [5, 5.41) is 7.49. The van der Waals surface area contributed by atoms with Crippen LogP contribution in [0.3, 0.4) is 0 Å². The molecular weight excluding hydrogens is 469 g/mol. The summed E-state index contributed by atoms with van der Waals surface area (Å²) in [6, 6.07) is 15.8. The quantitative estimate of drug-likeness (QED) is 0.477. The number of likely N-dealkylation sites (N-methyl/N-ethyl adjacent to an activating group) is 1. The van der Waals surface area contributed by atoms with Gasteiger partial charge in [-0.25, -0.2) is 0 Å². The van der Waals surface area contributed by atoms with Crippen molar-refractivity contribution in [1.82, 2.24) is 15.5 Å². The molecule has 0 heterocycles. The summed E-state index contributed by atoms with van der Waals surface area (Å²) in [6.07, 6.45) is 5.96. The van der Waals surface area contributed by atoms with Gasteiger partial charge in [-0.2, -0.15) is 0 Å². The van der Waals surface area contributed by atoms with Crippen molar-refractivity contribution in [2.75, 3.05) is 20.6 Å². The largest absolute Gasteiger partial charge is 0.356 e. The summed E-state index contributed by atoms with van der Waals surface area (Å²) >= 11 is 12.1. The van der Waals surface area contributed by atoms with Crippen LogP contribution in [0.25, 0.3) is 0 Å². The number of halogens is 2. The Labute approximate surface area is 213 Å². The van der Waals surface area contributed by atoms with Crippen LogP contribution in [0, 0.1) is 0 Å². The van der Waals surface area contributed by atoms with Crippen LogP contribution < -0.4 is 10.6 Å². The van der Waals surface area contributed by atoms with Gasteiger partial charge >= 0.3 is 0 Å². The van der Waals surface area contributed by atoms with Gasteiger partial charge in [0.1, 0.15) is 0 Å². The highest BCUT2D eigenvalue weighted by molar-refractivity contribution is 6.30. The molecule has 2 amide bonds. The Hall–Kier alpha value is -2.08. The van der Waals surface area contributed by atoms with Crippen molar-refractivity contribution in [3.05, 3.63) is 69.7 Å². The second-order valence-electron chi connectivity index (χ2n) is 9.49. The van der Waals surface area contributed by atoms with Crippen molar-refractivity contribution in [3.63, 3.8) is 0 Å². The van der Waals surface area contributed by atoms with Crippen molar-refractivity contribution >= 4 is 35.0 Å². The molecule has 0 aliphatic heterocycles. The number of amides is 2. The van der Waals surface area contributed by atoms with E-state index in [0.29, 0.717) is 11.6 Å². The molecule has 1 aliphatic rings. The zero-order chi connectivity index (χ0) is 24.6. The molecule has 0 atom stereocenters. The maximum Gasteiger partial charge on any atom is 0.220 e. The molecule has 0 radical (unpaired) electrons. The Morgan fingerprint density at radius 3 is 2.26 bits per heavy atom. The van der Waals surface area contributed by atoms with E-state index in [2.05, 4.69) is 35.7 Å². The molecular formula is C27H35Cl2N3O2. The van der Waals surface area contributed by atoms with Gasteiger partial charge in [0.15, 0.2) is 0 Å². The lowest BCUT2D eigenvalue weighted by Crippen LogP contribution is -2.52. The zero-order valence-electron chi connectivity index (χ0n) is 20.1. The monoisotopic (exact) mass is 503 g/mol. The van der Waals surface area contributed by atoms with E-state index in [0.717, 1.165) is 49.1 Å². The number of nitrogens with zero attached hydrogens (tertiary/aromatic N) is 1. The fraction of sp³-hybridized carbons (Fsp3) is 0.481. The summed E-state index contributed by atoms with van der Waals surface area (Å²) in [6.45, 7) is 0.546. The molecule has 2 N–H and O–H groups in total. The fourth-order valence-electron chi connectivity index (χ4n) is 4.72. The van der Waals surface area contributed by atoms with Gasteiger partial charge in [-0.15, -0.1) is 0 Å². The van der Waals surface area contributed by atoms with Crippen LogP contribution in [0.4, 0.5) is 0 Å². The lowest BCUT2D eigenvalue weighted by atomic mass is 9.75. The Morgan fingerprint density at radius 1 is 0.941 bits per heavy atom. The van der Waals surface area contributed by atoms with Gasteiger partial charge in [0.25, 0.3) is 0 Å². The average Bonchev–Trinajstić information content (AvgIpc) is 2.80. The van der Waals surface area contributed by atoms with Crippen LogP contribution >= 0.6 is 23.2 Å². The number of carbonyl (C=O) groups is 2. The van der Waals surface area contributed by atoms with Crippen molar-refractivity contribution in [3.8, 4) is 0 Å². The lowest BCUT2D eigenvalue weighted by molar-refractivity contribution is -0.127. The van der Waals surface area contributed by atoms with E-state index in [1.807, 2.05) is 42.5 Å². The number of nitrogens with one attached hydrogen (secondary N) is 2. The van der Waals surface area contributed by atoms with Gasteiger partial charge in [-0.3, -0.25) is 9.59 Å². The van der Waals surface area contributed by atoms with E-state index in [9.17, 15) is 9.59 Å². The normalized spacial score (nSPS) is 20.2. The van der Waals surface area contributed by atoms with Crippen LogP contribution in [0.15, 0.2) is 48.5 Å². The van der Waals surface area contributed by atoms with E-state index in [-0.39, 0.29) is 36.2 Å². The van der Waals surface area contributed by atoms with Gasteiger partial charge < -0.3 is 15.5 Å². The Kier molecular flexibility index (Phi) is 9.81. The Balaban J connectivity index is 1.37. The molecule has 1 fully saturated rings. The van der Waals surface area contributed by atoms with Gasteiger partial charge in [0.2, 0.25) is 11.8 Å². The SMILES string of the molecule is CN(C)C1(Cc2cccc(Cl)c2)CCC(NC(=O)CCC(=O)NCCc2ccc(Cl)cc2)CC1. The van der Waals surface area contributed by atoms with Crippen LogP contribution in [-0.2, 0) is 22.4 Å². The number of carbonyl (C=O) groups excluding carboxylic acids is 2. The van der Waals surface area contributed by atoms with E-state index < -0.39 is 0 Å². The van der Waals surface area contributed by atoms with Gasteiger partial charge in [-0.05, 0) is 88.0 Å². The third kappa shape index (κ3) is 8.00. The molecule has 2 aromatic carbocycles. The van der Waals surface area contributed by atoms with Gasteiger partial charge in [0, 0.05) is 41.0 Å². The molecule has 0 bridgehead atoms. The Bertz CT molecular complexity index is 955. The van der Waals surface area contributed by atoms with E-state index in [1.54, 1.807) is 0 Å². The summed E-state index contributed by atoms with van der Waals surface area (Å²) < 4.78 is 0. The maximum absolute atomic E-state index is 12.4. The molecule has 0 unspecified atom stereocenters. The first-order valence-electron chi connectivity index (χ1n) is 12.0. The minimum Gasteiger partial charge on any atom is -0.356 e. The number of hydrogen-bond acceptors (Lipinski definition) is 3. The topological polar surface area (TPSA) is 61.4 Å². The first-order chi connectivity index (χ1) is 16.3. The fourth-order valence-corrected chi connectivity index (χ4v) is 5.06. The average molecular weight is 505 g/mol. The number of benzene rings is 2. The summed E-state index contributed by atoms with van der Waals surface area (Å²) in [4.78, 5) is 26.9. The third-order valence-corrected chi connectivity index (χ3v) is 7.37. The van der Waals surface area contributed by atoms with Crippen LogP contribution in [0.5, 0.6) is 0 Å². The maximum atomic E-state index is 12.4. The smallest absolute Gasteiger partial charge is 0.220 e. The number of rotatable bonds is 10. The molecule has 0 spiro atoms. The number of hydrogen-bond donors (Lipinski definition) is 2. The first-order valence-corrected chi connectivity index (χ1v) is 12.7. The highest BCUT2D eigenvalue weighted by Crippen LogP contribution is 2.36. The molecule has 34 heavy (non-hydrogen) atoms. The highest BCUT2D eigenvalue weighted by atomic mass is 35.5. The van der Waals surface area contributed by atoms with Gasteiger partial charge in [-0.1, -0.05) is 47.5 Å². The summed E-state index contributed by atoms with van der Waals surface area (Å²) in [7, 11) is 4.27. The second-order valence-corrected chi connectivity index (χ2v) is 10.4. The van der Waals surface area contributed by atoms with Crippen molar-refractivity contribution in [2.24, 2.45) is 0 Å². The molecule has 1 saturated carbocycles. The predicted octanol–water partition coefficient (Wildman–Crippen LogP) is 5.03. The molecule has 5 nitrogen and oxygen atoms in total. The molecule has 184 valence electrons. The van der Waals surface area contributed by atoms with Gasteiger partial charge in [0.05, 0.1) is 0 Å². The van der Waals surface area contributed by atoms with Crippen molar-refractivity contribution in [2.45, 2.75) is 62.9 Å². The zero-order valence-corrected chi connectivity index (χ0v) is 21.6. The summed E-state index contributed by atoms with van der Waals surface area (Å²) in [5.74, 6) is -0.147. The standard InChI is InChI=1S/C27H35Cl2N3O2/c1-32(2)27(19-21-4-3-5-23(29)18-21)15-12-24(13-16-27)31-26(34)11-10-25(33)30-17-14-20-6-8-22(28)9-7-20/h3-9,18,24H,10-17,19H2,1-2H3,(H,30,33)(H,31,34). The molecule has 3 rings (SSSR count). The summed E-state index contributed by atoms with van der Waals surface area (Å²) in [5.41, 5.74) is 2.42. The second kappa shape index (κ2) is 12.6. The Morgan fingerprint density at radius 2 is 1.62 bits per heavy atom. The molecule has 2 aromatic rings. The van der Waals surface area contributed by atoms with Crippen LogP contribution in [0.2, 0.25) is 10.0 Å². The third-order valence-electron chi connectivity index (χ3n) is 6.88. The molecule has 7 heteroatoms.